The predicted molar refractivity (Wildman–Crippen MR) is 104 cm³/mol. The molecule has 0 saturated carbocycles. The Morgan fingerprint density at radius 1 is 1.00 bits per heavy atom. The Balaban J connectivity index is 1.97. The summed E-state index contributed by atoms with van der Waals surface area (Å²) in [7, 11) is 0. The van der Waals surface area contributed by atoms with Crippen molar-refractivity contribution in [3.8, 4) is 23.0 Å². The van der Waals surface area contributed by atoms with Gasteiger partial charge in [0, 0.05) is 22.6 Å². The Bertz CT molecular complexity index is 914. The van der Waals surface area contributed by atoms with E-state index in [1.165, 1.54) is 0 Å². The standard InChI is InChI=1S/C20H26N6O/c1-6-15-10-17(24-19(23-15)16(21)7-11(2)3)20-25-18(26-27-20)14-8-12(4)22-13(5)9-14/h8-11,16H,6-7,21H2,1-5H3. The summed E-state index contributed by atoms with van der Waals surface area (Å²) in [6, 6.07) is 5.53. The topological polar surface area (TPSA) is 104 Å². The zero-order valence-corrected chi connectivity index (χ0v) is 16.5. The molecule has 27 heavy (non-hydrogen) atoms. The van der Waals surface area contributed by atoms with Crippen LogP contribution in [0.3, 0.4) is 0 Å². The summed E-state index contributed by atoms with van der Waals surface area (Å²) in [5.41, 5.74) is 10.5. The number of hydrogen-bond donors (Lipinski definition) is 1. The van der Waals surface area contributed by atoms with Crippen molar-refractivity contribution >= 4 is 0 Å². The van der Waals surface area contributed by atoms with Crippen molar-refractivity contribution in [2.45, 2.75) is 53.5 Å². The molecular formula is C20H26N6O. The van der Waals surface area contributed by atoms with Crippen LogP contribution in [0.5, 0.6) is 0 Å². The predicted octanol–water partition coefficient (Wildman–Crippen LogP) is 3.81. The van der Waals surface area contributed by atoms with Crippen molar-refractivity contribution in [1.82, 2.24) is 25.1 Å². The Hall–Kier alpha value is -2.67. The van der Waals surface area contributed by atoms with Crippen LogP contribution < -0.4 is 5.73 Å². The minimum atomic E-state index is -0.219. The van der Waals surface area contributed by atoms with E-state index in [1.807, 2.05) is 39.0 Å². The highest BCUT2D eigenvalue weighted by Gasteiger charge is 2.18. The summed E-state index contributed by atoms with van der Waals surface area (Å²) in [5.74, 6) is 1.97. The average Bonchev–Trinajstić information content (AvgIpc) is 3.10. The molecule has 0 spiro atoms. The van der Waals surface area contributed by atoms with E-state index >= 15 is 0 Å². The van der Waals surface area contributed by atoms with Gasteiger partial charge in [0.15, 0.2) is 0 Å². The third-order valence-electron chi connectivity index (χ3n) is 4.20. The van der Waals surface area contributed by atoms with Gasteiger partial charge in [-0.15, -0.1) is 0 Å². The lowest BCUT2D eigenvalue weighted by atomic mass is 10.0. The molecular weight excluding hydrogens is 340 g/mol. The molecule has 0 fully saturated rings. The molecule has 7 nitrogen and oxygen atoms in total. The zero-order chi connectivity index (χ0) is 19.6. The molecule has 0 aliphatic carbocycles. The Labute approximate surface area is 159 Å². The molecule has 3 aromatic heterocycles. The van der Waals surface area contributed by atoms with Crippen molar-refractivity contribution < 1.29 is 4.52 Å². The van der Waals surface area contributed by atoms with E-state index in [0.717, 1.165) is 35.5 Å². The Morgan fingerprint density at radius 3 is 2.33 bits per heavy atom. The van der Waals surface area contributed by atoms with Crippen molar-refractivity contribution in [2.75, 3.05) is 0 Å². The van der Waals surface area contributed by atoms with Crippen LogP contribution in [0.25, 0.3) is 23.0 Å². The van der Waals surface area contributed by atoms with Gasteiger partial charge in [-0.3, -0.25) is 4.98 Å². The van der Waals surface area contributed by atoms with Crippen LogP contribution in [0.2, 0.25) is 0 Å². The summed E-state index contributed by atoms with van der Waals surface area (Å²) < 4.78 is 5.49. The second kappa shape index (κ2) is 7.92. The molecule has 0 aromatic carbocycles. The van der Waals surface area contributed by atoms with Crippen LogP contribution in [-0.4, -0.2) is 25.1 Å². The smallest absolute Gasteiger partial charge is 0.276 e. The normalized spacial score (nSPS) is 12.6. The van der Waals surface area contributed by atoms with E-state index in [0.29, 0.717) is 29.2 Å². The third-order valence-corrected chi connectivity index (χ3v) is 4.20. The van der Waals surface area contributed by atoms with Crippen molar-refractivity contribution in [3.05, 3.63) is 41.1 Å². The van der Waals surface area contributed by atoms with Gasteiger partial charge in [0.25, 0.3) is 5.89 Å². The van der Waals surface area contributed by atoms with E-state index in [9.17, 15) is 0 Å². The van der Waals surface area contributed by atoms with Crippen LogP contribution in [0.4, 0.5) is 0 Å². The van der Waals surface area contributed by atoms with Gasteiger partial charge in [0.2, 0.25) is 5.82 Å². The van der Waals surface area contributed by atoms with Crippen LogP contribution in [0.15, 0.2) is 22.7 Å². The summed E-state index contributed by atoms with van der Waals surface area (Å²) >= 11 is 0. The van der Waals surface area contributed by atoms with Gasteiger partial charge in [-0.2, -0.15) is 4.98 Å². The first-order valence-corrected chi connectivity index (χ1v) is 9.29. The minimum Gasteiger partial charge on any atom is -0.332 e. The molecule has 0 saturated heterocycles. The molecule has 142 valence electrons. The van der Waals surface area contributed by atoms with Crippen LogP contribution in [0.1, 0.15) is 56.1 Å². The van der Waals surface area contributed by atoms with E-state index in [-0.39, 0.29) is 6.04 Å². The summed E-state index contributed by atoms with van der Waals surface area (Å²) in [5, 5.41) is 4.12. The molecule has 0 aliphatic heterocycles. The second-order valence-corrected chi connectivity index (χ2v) is 7.25. The number of aryl methyl sites for hydroxylation is 3. The maximum absolute atomic E-state index is 6.30. The molecule has 3 heterocycles. The number of hydrogen-bond acceptors (Lipinski definition) is 7. The number of nitrogens with two attached hydrogens (primary N) is 1. The van der Waals surface area contributed by atoms with Gasteiger partial charge in [-0.25, -0.2) is 9.97 Å². The lowest BCUT2D eigenvalue weighted by molar-refractivity contribution is 0.430. The van der Waals surface area contributed by atoms with E-state index in [1.54, 1.807) is 0 Å². The van der Waals surface area contributed by atoms with Gasteiger partial charge >= 0.3 is 0 Å². The molecule has 0 aliphatic rings. The van der Waals surface area contributed by atoms with Gasteiger partial charge < -0.3 is 10.3 Å². The highest BCUT2D eigenvalue weighted by molar-refractivity contribution is 5.58. The van der Waals surface area contributed by atoms with E-state index in [4.69, 9.17) is 10.3 Å². The van der Waals surface area contributed by atoms with Crippen LogP contribution >= 0.6 is 0 Å². The van der Waals surface area contributed by atoms with E-state index in [2.05, 4.69) is 38.9 Å². The fourth-order valence-electron chi connectivity index (χ4n) is 3.00. The first-order chi connectivity index (χ1) is 12.9. The Morgan fingerprint density at radius 2 is 1.70 bits per heavy atom. The molecule has 0 bridgehead atoms. The third kappa shape index (κ3) is 4.54. The molecule has 3 rings (SSSR count). The number of aromatic nitrogens is 5. The molecule has 1 unspecified atom stereocenters. The first kappa shape index (κ1) is 19.1. The van der Waals surface area contributed by atoms with Gasteiger partial charge in [0.1, 0.15) is 11.5 Å². The maximum Gasteiger partial charge on any atom is 0.276 e. The number of rotatable bonds is 6. The zero-order valence-electron chi connectivity index (χ0n) is 16.5. The summed E-state index contributed by atoms with van der Waals surface area (Å²) in [6.07, 6.45) is 1.60. The summed E-state index contributed by atoms with van der Waals surface area (Å²) in [4.78, 5) is 18.1. The van der Waals surface area contributed by atoms with Crippen molar-refractivity contribution in [2.24, 2.45) is 11.7 Å². The van der Waals surface area contributed by atoms with E-state index < -0.39 is 0 Å². The monoisotopic (exact) mass is 366 g/mol. The lowest BCUT2D eigenvalue weighted by Crippen LogP contribution is -2.17. The highest BCUT2D eigenvalue weighted by atomic mass is 16.5. The fraction of sp³-hybridized carbons (Fsp3) is 0.450. The fourth-order valence-corrected chi connectivity index (χ4v) is 3.00. The molecule has 7 heteroatoms. The highest BCUT2D eigenvalue weighted by Crippen LogP contribution is 2.24. The largest absolute Gasteiger partial charge is 0.332 e. The average molecular weight is 366 g/mol. The molecule has 0 radical (unpaired) electrons. The molecule has 3 aromatic rings. The van der Waals surface area contributed by atoms with Crippen LogP contribution in [0, 0.1) is 19.8 Å². The van der Waals surface area contributed by atoms with Gasteiger partial charge in [0.05, 0.1) is 6.04 Å². The maximum atomic E-state index is 6.30. The first-order valence-electron chi connectivity index (χ1n) is 9.29. The van der Waals surface area contributed by atoms with Gasteiger partial charge in [-0.1, -0.05) is 25.9 Å². The molecule has 0 amide bonds. The number of pyridine rings is 1. The van der Waals surface area contributed by atoms with Crippen LogP contribution in [-0.2, 0) is 6.42 Å². The SMILES string of the molecule is CCc1cc(-c2nc(-c3cc(C)nc(C)c3)no2)nc(C(N)CC(C)C)n1. The second-order valence-electron chi connectivity index (χ2n) is 7.25. The Kier molecular flexibility index (Phi) is 5.60. The van der Waals surface area contributed by atoms with Crippen molar-refractivity contribution in [1.29, 1.82) is 0 Å². The minimum absolute atomic E-state index is 0.219. The summed E-state index contributed by atoms with van der Waals surface area (Å²) in [6.45, 7) is 10.2. The number of nitrogens with zero attached hydrogens (tertiary/aromatic N) is 5. The molecule has 1 atom stereocenters. The quantitative estimate of drug-likeness (QED) is 0.707. The van der Waals surface area contributed by atoms with Gasteiger partial charge in [-0.05, 0) is 50.8 Å². The van der Waals surface area contributed by atoms with Crippen molar-refractivity contribution in [3.63, 3.8) is 0 Å². The molecule has 2 N–H and O–H groups in total. The lowest BCUT2D eigenvalue weighted by Gasteiger charge is -2.14.